The Balaban J connectivity index is 1.77. The Morgan fingerprint density at radius 3 is 2.20 bits per heavy atom. The third-order valence-electron chi connectivity index (χ3n) is 3.28. The molecule has 2 rings (SSSR count). The van der Waals surface area contributed by atoms with E-state index in [9.17, 15) is 23.2 Å². The molecule has 12 heteroatoms. The molecule has 0 aliphatic carbocycles. The first kappa shape index (κ1) is 23.7. The van der Waals surface area contributed by atoms with Gasteiger partial charge in [0.2, 0.25) is 0 Å². The second kappa shape index (κ2) is 11.0. The number of amides is 2. The van der Waals surface area contributed by atoms with E-state index in [0.29, 0.717) is 0 Å². The van der Waals surface area contributed by atoms with Gasteiger partial charge >= 0.3 is 12.6 Å². The van der Waals surface area contributed by atoms with Gasteiger partial charge in [0.25, 0.3) is 11.8 Å². The molecular formula is C18H12Cl3F2NO6. The average Bonchev–Trinajstić information content (AvgIpc) is 2.68. The number of carbonyl (C=O) groups excluding carboxylic acids is 3. The SMILES string of the molecule is O=C(COC(=O)COc1cc(Cl)c(Cl)cc1Cl)NC(=O)c1ccc(OC(F)F)cc1. The van der Waals surface area contributed by atoms with E-state index in [1.807, 2.05) is 5.32 Å². The van der Waals surface area contributed by atoms with Crippen molar-refractivity contribution in [3.8, 4) is 11.5 Å². The Kier molecular flexibility index (Phi) is 8.64. The lowest BCUT2D eigenvalue weighted by Gasteiger charge is -2.09. The fourth-order valence-corrected chi connectivity index (χ4v) is 2.55. The summed E-state index contributed by atoms with van der Waals surface area (Å²) in [5, 5.41) is 2.45. The Labute approximate surface area is 183 Å². The third kappa shape index (κ3) is 7.33. The molecule has 0 bridgehead atoms. The van der Waals surface area contributed by atoms with E-state index < -0.39 is 37.6 Å². The van der Waals surface area contributed by atoms with Crippen LogP contribution >= 0.6 is 34.8 Å². The number of imide groups is 1. The molecule has 0 heterocycles. The summed E-state index contributed by atoms with van der Waals surface area (Å²) in [4.78, 5) is 35.3. The van der Waals surface area contributed by atoms with Crippen LogP contribution in [0.3, 0.4) is 0 Å². The van der Waals surface area contributed by atoms with E-state index >= 15 is 0 Å². The van der Waals surface area contributed by atoms with Crippen LogP contribution in [0.25, 0.3) is 0 Å². The first-order valence-electron chi connectivity index (χ1n) is 7.97. The van der Waals surface area contributed by atoms with E-state index in [2.05, 4.69) is 9.47 Å². The number of benzene rings is 2. The molecule has 0 aromatic heterocycles. The van der Waals surface area contributed by atoms with E-state index in [4.69, 9.17) is 39.5 Å². The monoisotopic (exact) mass is 481 g/mol. The molecular weight excluding hydrogens is 471 g/mol. The molecule has 2 amide bonds. The molecule has 0 spiro atoms. The molecule has 0 unspecified atom stereocenters. The van der Waals surface area contributed by atoms with Crippen LogP contribution < -0.4 is 14.8 Å². The molecule has 0 aliphatic heterocycles. The van der Waals surface area contributed by atoms with Crippen molar-refractivity contribution in [1.29, 1.82) is 0 Å². The van der Waals surface area contributed by atoms with Gasteiger partial charge in [-0.05, 0) is 30.3 Å². The highest BCUT2D eigenvalue weighted by molar-refractivity contribution is 6.43. The molecule has 0 fully saturated rings. The van der Waals surface area contributed by atoms with Crippen LogP contribution in [0, 0.1) is 0 Å². The van der Waals surface area contributed by atoms with Gasteiger partial charge in [-0.3, -0.25) is 14.9 Å². The average molecular weight is 483 g/mol. The van der Waals surface area contributed by atoms with Crippen molar-refractivity contribution >= 4 is 52.6 Å². The minimum Gasteiger partial charge on any atom is -0.480 e. The van der Waals surface area contributed by atoms with Gasteiger partial charge in [-0.25, -0.2) is 4.79 Å². The zero-order valence-electron chi connectivity index (χ0n) is 14.8. The normalized spacial score (nSPS) is 10.5. The second-order valence-corrected chi connectivity index (χ2v) is 6.65. The van der Waals surface area contributed by atoms with Crippen LogP contribution in [-0.4, -0.2) is 37.6 Å². The van der Waals surface area contributed by atoms with E-state index in [1.54, 1.807) is 0 Å². The summed E-state index contributed by atoms with van der Waals surface area (Å²) >= 11 is 17.5. The van der Waals surface area contributed by atoms with Gasteiger partial charge < -0.3 is 14.2 Å². The second-order valence-electron chi connectivity index (χ2n) is 5.43. The number of nitrogens with one attached hydrogen (secondary N) is 1. The lowest BCUT2D eigenvalue weighted by Crippen LogP contribution is -2.34. The number of esters is 1. The zero-order chi connectivity index (χ0) is 22.3. The van der Waals surface area contributed by atoms with Crippen molar-refractivity contribution in [2.45, 2.75) is 6.61 Å². The van der Waals surface area contributed by atoms with Gasteiger partial charge in [0, 0.05) is 11.6 Å². The van der Waals surface area contributed by atoms with Gasteiger partial charge in [0.15, 0.2) is 13.2 Å². The van der Waals surface area contributed by atoms with E-state index in [-0.39, 0.29) is 32.1 Å². The fourth-order valence-electron chi connectivity index (χ4n) is 1.96. The first-order valence-corrected chi connectivity index (χ1v) is 9.11. The van der Waals surface area contributed by atoms with Crippen molar-refractivity contribution < 1.29 is 37.4 Å². The molecule has 0 atom stereocenters. The Morgan fingerprint density at radius 2 is 1.57 bits per heavy atom. The van der Waals surface area contributed by atoms with Crippen molar-refractivity contribution in [3.05, 3.63) is 57.0 Å². The summed E-state index contributed by atoms with van der Waals surface area (Å²) in [6.07, 6.45) is 0. The number of carbonyl (C=O) groups is 3. The predicted molar refractivity (Wildman–Crippen MR) is 103 cm³/mol. The number of rotatable bonds is 8. The van der Waals surface area contributed by atoms with Crippen LogP contribution in [0.4, 0.5) is 8.78 Å². The van der Waals surface area contributed by atoms with Gasteiger partial charge in [-0.2, -0.15) is 8.78 Å². The van der Waals surface area contributed by atoms with Gasteiger partial charge in [0.1, 0.15) is 11.5 Å². The first-order chi connectivity index (χ1) is 14.2. The Bertz CT molecular complexity index is 940. The molecule has 30 heavy (non-hydrogen) atoms. The van der Waals surface area contributed by atoms with E-state index in [0.717, 1.165) is 12.1 Å². The summed E-state index contributed by atoms with van der Waals surface area (Å²) in [6, 6.07) is 7.27. The molecule has 0 radical (unpaired) electrons. The largest absolute Gasteiger partial charge is 0.480 e. The minimum absolute atomic E-state index is 0.00823. The highest BCUT2D eigenvalue weighted by Gasteiger charge is 2.15. The predicted octanol–water partition coefficient (Wildman–Crippen LogP) is 4.13. The topological polar surface area (TPSA) is 90.9 Å². The lowest BCUT2D eigenvalue weighted by atomic mass is 10.2. The fraction of sp³-hybridized carbons (Fsp3) is 0.167. The van der Waals surface area contributed by atoms with Gasteiger partial charge in [-0.15, -0.1) is 0 Å². The maximum atomic E-state index is 12.1. The summed E-state index contributed by atoms with van der Waals surface area (Å²) in [5.74, 6) is -2.70. The van der Waals surface area contributed by atoms with Crippen molar-refractivity contribution in [2.75, 3.05) is 13.2 Å². The molecule has 0 saturated carbocycles. The lowest BCUT2D eigenvalue weighted by molar-refractivity contribution is -0.150. The van der Waals surface area contributed by atoms with Crippen LogP contribution in [0.1, 0.15) is 10.4 Å². The van der Waals surface area contributed by atoms with Crippen molar-refractivity contribution in [1.82, 2.24) is 5.32 Å². The van der Waals surface area contributed by atoms with Crippen LogP contribution in [0.15, 0.2) is 36.4 Å². The molecule has 0 aliphatic rings. The molecule has 160 valence electrons. The highest BCUT2D eigenvalue weighted by Crippen LogP contribution is 2.33. The van der Waals surface area contributed by atoms with Crippen LogP contribution in [0.5, 0.6) is 11.5 Å². The van der Waals surface area contributed by atoms with Crippen LogP contribution in [0.2, 0.25) is 15.1 Å². The van der Waals surface area contributed by atoms with Gasteiger partial charge in [0.05, 0.1) is 15.1 Å². The molecule has 1 N–H and O–H groups in total. The highest BCUT2D eigenvalue weighted by atomic mass is 35.5. The Hall–Kier alpha value is -2.62. The quantitative estimate of drug-likeness (QED) is 0.449. The molecule has 2 aromatic carbocycles. The number of alkyl halides is 2. The van der Waals surface area contributed by atoms with Gasteiger partial charge in [-0.1, -0.05) is 34.8 Å². The standard InChI is InChI=1S/C18H12Cl3F2NO6/c19-11-5-13(21)14(6-12(11)20)28-8-16(26)29-7-15(25)24-17(27)9-1-3-10(4-2-9)30-18(22)23/h1-6,18H,7-8H2,(H,24,25,27). The summed E-state index contributed by atoms with van der Waals surface area (Å²) in [5.41, 5.74) is 0.00823. The van der Waals surface area contributed by atoms with Crippen molar-refractivity contribution in [2.24, 2.45) is 0 Å². The van der Waals surface area contributed by atoms with Crippen molar-refractivity contribution in [3.63, 3.8) is 0 Å². The molecule has 2 aromatic rings. The number of hydrogen-bond donors (Lipinski definition) is 1. The zero-order valence-corrected chi connectivity index (χ0v) is 17.1. The molecule has 7 nitrogen and oxygen atoms in total. The smallest absolute Gasteiger partial charge is 0.387 e. The minimum atomic E-state index is -3.00. The number of halogens is 5. The third-order valence-corrected chi connectivity index (χ3v) is 4.30. The Morgan fingerprint density at radius 1 is 0.933 bits per heavy atom. The maximum Gasteiger partial charge on any atom is 0.387 e. The number of ether oxygens (including phenoxy) is 3. The summed E-state index contributed by atoms with van der Waals surface area (Å²) in [7, 11) is 0. The summed E-state index contributed by atoms with van der Waals surface area (Å²) in [6.45, 7) is -4.34. The van der Waals surface area contributed by atoms with Crippen LogP contribution in [-0.2, 0) is 14.3 Å². The molecule has 0 saturated heterocycles. The number of hydrogen-bond acceptors (Lipinski definition) is 6. The maximum absolute atomic E-state index is 12.1. The van der Waals surface area contributed by atoms with E-state index in [1.165, 1.54) is 24.3 Å². The summed E-state index contributed by atoms with van der Waals surface area (Å²) < 4.78 is 38.2.